The van der Waals surface area contributed by atoms with E-state index in [-0.39, 0.29) is 38.4 Å². The highest BCUT2D eigenvalue weighted by Gasteiger charge is 2.30. The molecule has 2 aliphatic heterocycles. The van der Waals surface area contributed by atoms with Gasteiger partial charge in [0.2, 0.25) is 0 Å². The monoisotopic (exact) mass is 1040 g/mol. The number of rotatable bonds is 16. The maximum Gasteiger partial charge on any atom is 0.410 e. The Morgan fingerprint density at radius 3 is 1.64 bits per heavy atom. The highest BCUT2D eigenvalue weighted by Crippen LogP contribution is 2.30. The van der Waals surface area contributed by atoms with Crippen LogP contribution in [-0.2, 0) is 50.3 Å². The minimum atomic E-state index is -1.06. The fourth-order valence-corrected chi connectivity index (χ4v) is 8.90. The molecule has 7 aromatic rings. The molecule has 2 fully saturated rings. The Hall–Kier alpha value is -9.25. The van der Waals surface area contributed by atoms with Crippen molar-refractivity contribution in [3.05, 3.63) is 225 Å². The molecule has 0 bridgehead atoms. The van der Waals surface area contributed by atoms with Crippen molar-refractivity contribution in [1.82, 2.24) is 30.0 Å². The molecular weight excluding hydrogens is 981 g/mol. The molecule has 3 heterocycles. The molecule has 17 nitrogen and oxygen atoms in total. The summed E-state index contributed by atoms with van der Waals surface area (Å²) in [5.41, 5.74) is 4.00. The largest absolute Gasteiger partial charge is 0.489 e. The van der Waals surface area contributed by atoms with Crippen molar-refractivity contribution in [3.8, 4) is 22.8 Å². The van der Waals surface area contributed by atoms with Crippen LogP contribution in [0.15, 0.2) is 186 Å². The van der Waals surface area contributed by atoms with Crippen LogP contribution in [0.25, 0.3) is 11.3 Å². The highest BCUT2D eigenvalue weighted by molar-refractivity contribution is 6.35. The van der Waals surface area contributed by atoms with Gasteiger partial charge in [0, 0.05) is 49.5 Å². The van der Waals surface area contributed by atoms with Crippen LogP contribution in [0, 0.1) is 0 Å². The second-order valence-corrected chi connectivity index (χ2v) is 18.4. The molecule has 17 heteroatoms. The first-order chi connectivity index (χ1) is 37.6. The van der Waals surface area contributed by atoms with Crippen LogP contribution in [0.5, 0.6) is 11.5 Å². The van der Waals surface area contributed by atoms with E-state index in [0.29, 0.717) is 86.5 Å². The van der Waals surface area contributed by atoms with Crippen LogP contribution < -0.4 is 31.2 Å². The maximum absolute atomic E-state index is 12.9. The number of ether oxygens (including phenoxy) is 4. The van der Waals surface area contributed by atoms with Crippen molar-refractivity contribution >= 4 is 30.3 Å². The van der Waals surface area contributed by atoms with Gasteiger partial charge in [0.1, 0.15) is 50.3 Å². The molecule has 2 aliphatic rings. The summed E-state index contributed by atoms with van der Waals surface area (Å²) in [5.74, 6) is -0.734. The van der Waals surface area contributed by atoms with Gasteiger partial charge in [0.25, 0.3) is 0 Å². The summed E-state index contributed by atoms with van der Waals surface area (Å²) in [6, 6.07) is 50.8. The number of H-pyrrole nitrogens is 1. The number of likely N-dealkylation sites (tertiary alicyclic amines) is 2. The van der Waals surface area contributed by atoms with Crippen LogP contribution in [-0.4, -0.2) is 81.9 Å². The number of nitrogens with one attached hydrogen (secondary N) is 3. The lowest BCUT2D eigenvalue weighted by Gasteiger charge is -2.33. The van der Waals surface area contributed by atoms with Gasteiger partial charge in [-0.15, -0.1) is 0 Å². The molecule has 2 unspecified atom stereocenters. The molecule has 0 radical (unpaired) electrons. The average Bonchev–Trinajstić information content (AvgIpc) is 3.49. The number of piperidine rings is 2. The van der Waals surface area contributed by atoms with Crippen LogP contribution >= 0.6 is 0 Å². The van der Waals surface area contributed by atoms with Gasteiger partial charge in [-0.05, 0) is 66.1 Å². The van der Waals surface area contributed by atoms with Crippen molar-refractivity contribution in [2.45, 2.75) is 70.2 Å². The first-order valence-corrected chi connectivity index (χ1v) is 25.5. The van der Waals surface area contributed by atoms with Crippen molar-refractivity contribution in [3.63, 3.8) is 0 Å². The predicted octanol–water partition coefficient (Wildman–Crippen LogP) is 8.30. The van der Waals surface area contributed by atoms with E-state index in [4.69, 9.17) is 18.9 Å². The lowest BCUT2D eigenvalue weighted by Crippen LogP contribution is -2.50. The number of aromatic nitrogens is 2. The molecule has 0 aliphatic carbocycles. The van der Waals surface area contributed by atoms with Gasteiger partial charge >= 0.3 is 35.1 Å². The van der Waals surface area contributed by atoms with Gasteiger partial charge in [0.15, 0.2) is 0 Å². The van der Waals surface area contributed by atoms with Crippen molar-refractivity contribution < 1.29 is 42.9 Å². The third kappa shape index (κ3) is 15.4. The summed E-state index contributed by atoms with van der Waals surface area (Å²) in [4.78, 5) is 93.7. The third-order valence-corrected chi connectivity index (χ3v) is 13.0. The second-order valence-electron chi connectivity index (χ2n) is 18.4. The number of carbonyl (C=O) groups excluding carboxylic acids is 5. The van der Waals surface area contributed by atoms with Gasteiger partial charge in [-0.25, -0.2) is 9.59 Å². The molecule has 0 spiro atoms. The van der Waals surface area contributed by atoms with E-state index < -0.39 is 41.2 Å². The van der Waals surface area contributed by atoms with E-state index in [0.717, 1.165) is 22.3 Å². The zero-order valence-electron chi connectivity index (χ0n) is 42.4. The van der Waals surface area contributed by atoms with Gasteiger partial charge < -0.3 is 53.7 Å². The average molecular weight is 1040 g/mol. The quantitative estimate of drug-likeness (QED) is 0.0620. The summed E-state index contributed by atoms with van der Waals surface area (Å²) in [7, 11) is 0. The predicted molar refractivity (Wildman–Crippen MR) is 288 cm³/mol. The molecule has 2 saturated heterocycles. The molecule has 77 heavy (non-hydrogen) atoms. The molecule has 1 aromatic heterocycles. The topological polar surface area (TPSA) is 208 Å². The smallest absolute Gasteiger partial charge is 0.410 e. The molecule has 9 rings (SSSR count). The van der Waals surface area contributed by atoms with E-state index in [1.54, 1.807) is 40.3 Å². The number of benzene rings is 6. The molecular formula is C60H60N6O11. The number of carbonyl (C=O) groups is 5. The standard InChI is InChI=1S/C30H31N3O6.C30H29N3O5/c34-19-26(25-13-7-8-14-27(25)38-20-22-9-3-1-4-10-22)32-29(36)28(35)31-24-15-17-33(18-16-24)30(37)39-21-23-11-5-2-6-12-23;34-28-29(35)33(24-14-9-17-32(18-24)30(36)38-21-23-12-5-2-6-13-23)19-26(31-28)25-15-7-8-16-27(25)37-20-22-10-3-1-4-11-22/h1-14,19,24,26H,15-18,20-21H2,(H,31,35)(H,32,36);1-8,10-13,15-16,19,24H,9,14,17-18,20-21H2,(H,31,34). The third-order valence-electron chi connectivity index (χ3n) is 13.0. The Kier molecular flexibility index (Phi) is 19.2. The Bertz CT molecular complexity index is 3180. The number of amides is 4. The minimum Gasteiger partial charge on any atom is -0.489 e. The first kappa shape index (κ1) is 54.0. The zero-order chi connectivity index (χ0) is 53.8. The van der Waals surface area contributed by atoms with E-state index in [9.17, 15) is 33.6 Å². The normalized spacial score (nSPS) is 14.6. The minimum absolute atomic E-state index is 0.176. The number of hydrogen-bond donors (Lipinski definition) is 3. The first-order valence-electron chi connectivity index (χ1n) is 25.5. The van der Waals surface area contributed by atoms with Crippen LogP contribution in [0.1, 0.15) is 65.6 Å². The lowest BCUT2D eigenvalue weighted by atomic mass is 10.1. The molecule has 0 saturated carbocycles. The van der Waals surface area contributed by atoms with Gasteiger partial charge in [-0.3, -0.25) is 19.2 Å². The number of aldehydes is 1. The zero-order valence-corrected chi connectivity index (χ0v) is 42.4. The van der Waals surface area contributed by atoms with Crippen LogP contribution in [0.2, 0.25) is 0 Å². The van der Waals surface area contributed by atoms with Crippen molar-refractivity contribution in [1.29, 1.82) is 0 Å². The van der Waals surface area contributed by atoms with Crippen molar-refractivity contribution in [2.24, 2.45) is 0 Å². The van der Waals surface area contributed by atoms with Gasteiger partial charge in [-0.2, -0.15) is 0 Å². The number of aromatic amines is 1. The number of hydrogen-bond acceptors (Lipinski definition) is 11. The number of para-hydroxylation sites is 2. The van der Waals surface area contributed by atoms with Crippen molar-refractivity contribution in [2.75, 3.05) is 26.2 Å². The van der Waals surface area contributed by atoms with Gasteiger partial charge in [-0.1, -0.05) is 152 Å². The van der Waals surface area contributed by atoms with E-state index in [1.807, 2.05) is 146 Å². The molecule has 396 valence electrons. The summed E-state index contributed by atoms with van der Waals surface area (Å²) < 4.78 is 24.3. The van der Waals surface area contributed by atoms with Gasteiger partial charge in [0.05, 0.1) is 11.7 Å². The lowest BCUT2D eigenvalue weighted by molar-refractivity contribution is -0.140. The molecule has 6 aromatic carbocycles. The summed E-state index contributed by atoms with van der Waals surface area (Å²) in [6.07, 6.45) is 3.68. The molecule has 2 atom stereocenters. The Morgan fingerprint density at radius 1 is 0.571 bits per heavy atom. The Labute approximate surface area is 445 Å². The second kappa shape index (κ2) is 27.3. The Balaban J connectivity index is 0.000000204. The number of nitrogens with zero attached hydrogens (tertiary/aromatic N) is 3. The SMILES string of the molecule is O=C(OCc1ccccc1)N1CCCC(n2cc(-c3ccccc3OCc3ccccc3)[nH]c(=O)c2=O)C1.O=CC(NC(=O)C(=O)NC1CCN(C(=O)OCc2ccccc2)CC1)c1ccccc1OCc1ccccc1. The van der Waals surface area contributed by atoms with E-state index in [1.165, 1.54) is 4.57 Å². The molecule has 3 N–H and O–H groups in total. The fraction of sp³-hybridized carbons (Fsp3) is 0.250. The van der Waals surface area contributed by atoms with E-state index in [2.05, 4.69) is 15.6 Å². The van der Waals surface area contributed by atoms with E-state index >= 15 is 0 Å². The summed E-state index contributed by atoms with van der Waals surface area (Å²) in [6.45, 7) is 2.62. The highest BCUT2D eigenvalue weighted by atomic mass is 16.6. The van der Waals surface area contributed by atoms with Crippen LogP contribution in [0.4, 0.5) is 9.59 Å². The fourth-order valence-electron chi connectivity index (χ4n) is 8.90. The molecule has 4 amide bonds. The summed E-state index contributed by atoms with van der Waals surface area (Å²) >= 11 is 0. The Morgan fingerprint density at radius 2 is 1.06 bits per heavy atom. The maximum atomic E-state index is 12.9. The van der Waals surface area contributed by atoms with Crippen LogP contribution in [0.3, 0.4) is 0 Å². The summed E-state index contributed by atoms with van der Waals surface area (Å²) in [5, 5.41) is 5.19.